The second-order valence-corrected chi connectivity index (χ2v) is 9.63. The Balaban J connectivity index is 1.70. The van der Waals surface area contributed by atoms with Crippen LogP contribution >= 0.6 is 0 Å². The van der Waals surface area contributed by atoms with Crippen molar-refractivity contribution in [3.8, 4) is 0 Å². The molecule has 37 heavy (non-hydrogen) atoms. The van der Waals surface area contributed by atoms with Gasteiger partial charge in [-0.25, -0.2) is 23.8 Å². The zero-order valence-electron chi connectivity index (χ0n) is 22.1. The van der Waals surface area contributed by atoms with Crippen molar-refractivity contribution in [1.29, 1.82) is 0 Å². The largest absolute Gasteiger partial charge is 0.451 e. The SMILES string of the molecule is CCN(O[C@@H](c1cc(F)cc(F)c1)C1CCCN(C(=O)N(CCCC2CCCOC2)NC)C1)C(=O)OC. The number of halogens is 2. The summed E-state index contributed by atoms with van der Waals surface area (Å²) in [6.45, 7) is 4.93. The number of benzene rings is 1. The second-order valence-electron chi connectivity index (χ2n) is 9.63. The molecule has 2 saturated heterocycles. The van der Waals surface area contributed by atoms with E-state index in [2.05, 4.69) is 5.43 Å². The van der Waals surface area contributed by atoms with Crippen molar-refractivity contribution in [2.45, 2.75) is 51.6 Å². The van der Waals surface area contributed by atoms with Crippen molar-refractivity contribution in [2.24, 2.45) is 11.8 Å². The highest BCUT2D eigenvalue weighted by Gasteiger charge is 2.35. The fourth-order valence-electron chi connectivity index (χ4n) is 5.12. The van der Waals surface area contributed by atoms with Crippen molar-refractivity contribution >= 4 is 12.1 Å². The zero-order valence-corrected chi connectivity index (χ0v) is 22.1. The quantitative estimate of drug-likeness (QED) is 0.452. The van der Waals surface area contributed by atoms with Crippen LogP contribution in [0.4, 0.5) is 18.4 Å². The lowest BCUT2D eigenvalue weighted by Crippen LogP contribution is -2.52. The lowest BCUT2D eigenvalue weighted by Gasteiger charge is -2.39. The summed E-state index contributed by atoms with van der Waals surface area (Å²) >= 11 is 0. The Bertz CT molecular complexity index is 866. The summed E-state index contributed by atoms with van der Waals surface area (Å²) in [5.41, 5.74) is 3.27. The average Bonchev–Trinajstić information content (AvgIpc) is 2.91. The number of rotatable bonds is 10. The molecule has 0 aromatic heterocycles. The number of hydrogen-bond acceptors (Lipinski definition) is 6. The minimum Gasteiger partial charge on any atom is -0.451 e. The molecule has 0 saturated carbocycles. The number of carbonyl (C=O) groups excluding carboxylic acids is 2. The van der Waals surface area contributed by atoms with Crippen molar-refractivity contribution in [3.63, 3.8) is 0 Å². The average molecular weight is 527 g/mol. The van der Waals surface area contributed by atoms with Crippen molar-refractivity contribution < 1.29 is 32.7 Å². The van der Waals surface area contributed by atoms with Crippen LogP contribution in [0.5, 0.6) is 0 Å². The second kappa shape index (κ2) is 14.4. The van der Waals surface area contributed by atoms with E-state index in [0.29, 0.717) is 38.4 Å². The number of urea groups is 1. The van der Waals surface area contributed by atoms with Crippen LogP contribution in [0.25, 0.3) is 0 Å². The van der Waals surface area contributed by atoms with Gasteiger partial charge in [-0.3, -0.25) is 9.85 Å². The fourth-order valence-corrected chi connectivity index (χ4v) is 5.12. The van der Waals surface area contributed by atoms with Crippen LogP contribution in [-0.4, -0.2) is 80.6 Å². The molecule has 208 valence electrons. The van der Waals surface area contributed by atoms with Crippen LogP contribution in [0.3, 0.4) is 0 Å². The van der Waals surface area contributed by atoms with Gasteiger partial charge in [-0.2, -0.15) is 5.06 Å². The topological polar surface area (TPSA) is 83.6 Å². The molecular weight excluding hydrogens is 486 g/mol. The van der Waals surface area contributed by atoms with Crippen LogP contribution < -0.4 is 5.43 Å². The molecule has 9 nitrogen and oxygen atoms in total. The number of nitrogens with zero attached hydrogens (tertiary/aromatic N) is 3. The summed E-state index contributed by atoms with van der Waals surface area (Å²) in [7, 11) is 2.96. The molecule has 0 bridgehead atoms. The summed E-state index contributed by atoms with van der Waals surface area (Å²) in [6.07, 6.45) is 3.88. The van der Waals surface area contributed by atoms with E-state index in [4.69, 9.17) is 14.3 Å². The predicted octanol–water partition coefficient (Wildman–Crippen LogP) is 4.50. The van der Waals surface area contributed by atoms with Crippen LogP contribution in [0.2, 0.25) is 0 Å². The third kappa shape index (κ3) is 8.24. The van der Waals surface area contributed by atoms with Gasteiger partial charge in [0.05, 0.1) is 7.11 Å². The normalized spacial score (nSPS) is 20.8. The number of hydrogen-bond donors (Lipinski definition) is 1. The molecule has 2 unspecified atom stereocenters. The Kier molecular flexibility index (Phi) is 11.3. The third-order valence-corrected chi connectivity index (χ3v) is 7.03. The van der Waals surface area contributed by atoms with E-state index in [9.17, 15) is 18.4 Å². The van der Waals surface area contributed by atoms with E-state index in [1.54, 1.807) is 23.9 Å². The number of hydroxylamine groups is 2. The summed E-state index contributed by atoms with van der Waals surface area (Å²) < 4.78 is 38.6. The van der Waals surface area contributed by atoms with Gasteiger partial charge < -0.3 is 14.4 Å². The van der Waals surface area contributed by atoms with E-state index >= 15 is 0 Å². The molecule has 2 aliphatic heterocycles. The predicted molar refractivity (Wildman–Crippen MR) is 133 cm³/mol. The van der Waals surface area contributed by atoms with Crippen LogP contribution in [0, 0.1) is 23.5 Å². The highest BCUT2D eigenvalue weighted by atomic mass is 19.1. The first-order valence-electron chi connectivity index (χ1n) is 13.2. The summed E-state index contributed by atoms with van der Waals surface area (Å²) in [5, 5.41) is 2.64. The van der Waals surface area contributed by atoms with Gasteiger partial charge in [0.2, 0.25) is 0 Å². The fraction of sp³-hybridized carbons (Fsp3) is 0.692. The zero-order chi connectivity index (χ0) is 26.8. The minimum absolute atomic E-state index is 0.156. The van der Waals surface area contributed by atoms with E-state index in [0.717, 1.165) is 50.0 Å². The Hall–Kier alpha value is -2.50. The van der Waals surface area contributed by atoms with Crippen molar-refractivity contribution in [2.75, 3.05) is 53.6 Å². The molecule has 1 aromatic carbocycles. The highest BCUT2D eigenvalue weighted by Crippen LogP contribution is 2.35. The molecule has 2 fully saturated rings. The van der Waals surface area contributed by atoms with Crippen molar-refractivity contribution in [1.82, 2.24) is 20.4 Å². The molecular formula is C26H40F2N4O5. The van der Waals surface area contributed by atoms with Crippen LogP contribution in [-0.2, 0) is 14.3 Å². The van der Waals surface area contributed by atoms with Gasteiger partial charge in [0, 0.05) is 58.4 Å². The van der Waals surface area contributed by atoms with Gasteiger partial charge in [0.15, 0.2) is 0 Å². The van der Waals surface area contributed by atoms with E-state index in [1.165, 1.54) is 19.2 Å². The minimum atomic E-state index is -0.853. The summed E-state index contributed by atoms with van der Waals surface area (Å²) in [5.74, 6) is -1.24. The maximum absolute atomic E-state index is 14.1. The van der Waals surface area contributed by atoms with Gasteiger partial charge in [-0.1, -0.05) is 0 Å². The molecule has 0 spiro atoms. The molecule has 0 radical (unpaired) electrons. The van der Waals surface area contributed by atoms with Gasteiger partial charge in [-0.05, 0) is 69.1 Å². The first-order valence-corrected chi connectivity index (χ1v) is 13.2. The third-order valence-electron chi connectivity index (χ3n) is 7.03. The van der Waals surface area contributed by atoms with Gasteiger partial charge in [-0.15, -0.1) is 0 Å². The Morgan fingerprint density at radius 3 is 2.59 bits per heavy atom. The number of carbonyl (C=O) groups is 2. The number of piperidine rings is 1. The monoisotopic (exact) mass is 526 g/mol. The van der Waals surface area contributed by atoms with Gasteiger partial charge in [0.1, 0.15) is 17.7 Å². The lowest BCUT2D eigenvalue weighted by molar-refractivity contribution is -0.193. The van der Waals surface area contributed by atoms with E-state index in [1.807, 2.05) is 0 Å². The van der Waals surface area contributed by atoms with Gasteiger partial charge >= 0.3 is 12.1 Å². The maximum atomic E-state index is 14.1. The van der Waals surface area contributed by atoms with E-state index < -0.39 is 23.8 Å². The molecule has 3 rings (SSSR count). The molecule has 3 atom stereocenters. The number of methoxy groups -OCH3 is 1. The number of ether oxygens (including phenoxy) is 2. The maximum Gasteiger partial charge on any atom is 0.433 e. The molecule has 11 heteroatoms. The Morgan fingerprint density at radius 1 is 1.22 bits per heavy atom. The number of hydrazine groups is 1. The Labute approximate surface area is 217 Å². The molecule has 0 aliphatic carbocycles. The molecule has 3 amide bonds. The van der Waals surface area contributed by atoms with Crippen LogP contribution in [0.15, 0.2) is 18.2 Å². The van der Waals surface area contributed by atoms with Crippen molar-refractivity contribution in [3.05, 3.63) is 35.4 Å². The van der Waals surface area contributed by atoms with Gasteiger partial charge in [0.25, 0.3) is 0 Å². The molecule has 2 aliphatic rings. The number of nitrogens with one attached hydrogen (secondary N) is 1. The standard InChI is InChI=1S/C26H40F2N4O5/c1-4-32(26(34)35-3)37-24(21-14-22(27)16-23(28)15-21)20-10-6-11-30(17-20)25(33)31(29-2)12-5-8-19-9-7-13-36-18-19/h14-16,19-20,24,29H,4-13,17-18H2,1-3H3/t19?,20?,24-/m1/s1. The van der Waals surface area contributed by atoms with E-state index in [-0.39, 0.29) is 24.1 Å². The highest BCUT2D eigenvalue weighted by molar-refractivity contribution is 5.74. The first kappa shape index (κ1) is 29.1. The molecule has 1 aromatic rings. The summed E-state index contributed by atoms with van der Waals surface area (Å²) in [6, 6.07) is 3.04. The lowest BCUT2D eigenvalue weighted by atomic mass is 9.88. The summed E-state index contributed by atoms with van der Waals surface area (Å²) in [4.78, 5) is 33.3. The Morgan fingerprint density at radius 2 is 1.97 bits per heavy atom. The van der Waals surface area contributed by atoms with Crippen LogP contribution in [0.1, 0.15) is 57.1 Å². The number of likely N-dealkylation sites (tertiary alicyclic amines) is 1. The first-order chi connectivity index (χ1) is 17.9. The smallest absolute Gasteiger partial charge is 0.433 e. The number of amides is 3. The molecule has 1 N–H and O–H groups in total. The molecule has 2 heterocycles.